The standard InChI is InChI=1S/C11H15BrN6/c1-3-7(2)15-10-8(12)9(13)16-11(17-10)18-6-4-5-14-18/h4-7H,3H2,1-2H3,(H3,13,15,16,17). The van der Waals surface area contributed by atoms with Crippen molar-refractivity contribution < 1.29 is 0 Å². The summed E-state index contributed by atoms with van der Waals surface area (Å²) in [4.78, 5) is 8.60. The molecule has 0 saturated heterocycles. The Balaban J connectivity index is 2.40. The van der Waals surface area contributed by atoms with Gasteiger partial charge in [-0.1, -0.05) is 6.92 Å². The Morgan fingerprint density at radius 3 is 2.89 bits per heavy atom. The molecule has 1 atom stereocenters. The summed E-state index contributed by atoms with van der Waals surface area (Å²) in [6.45, 7) is 4.18. The van der Waals surface area contributed by atoms with Crippen LogP contribution < -0.4 is 11.1 Å². The van der Waals surface area contributed by atoms with E-state index < -0.39 is 0 Å². The number of aromatic nitrogens is 4. The number of nitrogens with zero attached hydrogens (tertiary/aromatic N) is 4. The summed E-state index contributed by atoms with van der Waals surface area (Å²) >= 11 is 3.39. The number of nitrogens with two attached hydrogens (primary N) is 1. The van der Waals surface area contributed by atoms with Crippen LogP contribution in [0.1, 0.15) is 20.3 Å². The third kappa shape index (κ3) is 2.61. The van der Waals surface area contributed by atoms with Crippen LogP contribution in [-0.2, 0) is 0 Å². The molecular formula is C11H15BrN6. The monoisotopic (exact) mass is 310 g/mol. The predicted molar refractivity (Wildman–Crippen MR) is 74.6 cm³/mol. The van der Waals surface area contributed by atoms with Gasteiger partial charge < -0.3 is 11.1 Å². The number of halogens is 1. The molecule has 0 spiro atoms. The number of hydrogen-bond acceptors (Lipinski definition) is 5. The van der Waals surface area contributed by atoms with E-state index in [0.717, 1.165) is 6.42 Å². The molecule has 0 aliphatic carbocycles. The molecule has 2 aromatic rings. The molecule has 0 amide bonds. The molecule has 2 rings (SSSR count). The van der Waals surface area contributed by atoms with Crippen molar-refractivity contribution >= 4 is 27.6 Å². The maximum atomic E-state index is 5.87. The van der Waals surface area contributed by atoms with E-state index in [0.29, 0.717) is 28.1 Å². The molecule has 7 heteroatoms. The molecule has 0 radical (unpaired) electrons. The van der Waals surface area contributed by atoms with Gasteiger partial charge in [0.15, 0.2) is 0 Å². The van der Waals surface area contributed by atoms with Crippen molar-refractivity contribution in [1.29, 1.82) is 0 Å². The molecule has 0 aromatic carbocycles. The first-order valence-electron chi connectivity index (χ1n) is 5.71. The first kappa shape index (κ1) is 12.8. The molecule has 0 bridgehead atoms. The highest BCUT2D eigenvalue weighted by molar-refractivity contribution is 9.10. The quantitative estimate of drug-likeness (QED) is 0.905. The summed E-state index contributed by atoms with van der Waals surface area (Å²) < 4.78 is 2.25. The first-order valence-corrected chi connectivity index (χ1v) is 6.50. The van der Waals surface area contributed by atoms with Crippen LogP contribution in [-0.4, -0.2) is 25.8 Å². The number of anilines is 2. The second-order valence-electron chi connectivity index (χ2n) is 3.98. The van der Waals surface area contributed by atoms with Gasteiger partial charge >= 0.3 is 0 Å². The maximum Gasteiger partial charge on any atom is 0.254 e. The number of nitrogens with one attached hydrogen (secondary N) is 1. The summed E-state index contributed by atoms with van der Waals surface area (Å²) in [5.74, 6) is 1.52. The first-order chi connectivity index (χ1) is 8.61. The van der Waals surface area contributed by atoms with Gasteiger partial charge in [-0.05, 0) is 35.3 Å². The lowest BCUT2D eigenvalue weighted by molar-refractivity contribution is 0.750. The Kier molecular flexibility index (Phi) is 3.81. The number of nitrogen functional groups attached to an aromatic ring is 1. The SMILES string of the molecule is CCC(C)Nc1nc(-n2cccn2)nc(N)c1Br. The number of hydrogen-bond donors (Lipinski definition) is 2. The van der Waals surface area contributed by atoms with Crippen LogP contribution in [0.5, 0.6) is 0 Å². The van der Waals surface area contributed by atoms with Crippen LogP contribution in [0.15, 0.2) is 22.9 Å². The molecule has 6 nitrogen and oxygen atoms in total. The molecule has 0 fully saturated rings. The van der Waals surface area contributed by atoms with Gasteiger partial charge in [-0.15, -0.1) is 0 Å². The predicted octanol–water partition coefficient (Wildman–Crippen LogP) is 2.22. The largest absolute Gasteiger partial charge is 0.383 e. The molecule has 0 aliphatic rings. The highest BCUT2D eigenvalue weighted by Gasteiger charge is 2.12. The van der Waals surface area contributed by atoms with Crippen LogP contribution in [0.4, 0.5) is 11.6 Å². The molecule has 96 valence electrons. The molecule has 0 aliphatic heterocycles. The van der Waals surface area contributed by atoms with Gasteiger partial charge in [0.2, 0.25) is 0 Å². The summed E-state index contributed by atoms with van der Waals surface area (Å²) in [6.07, 6.45) is 4.44. The fraction of sp³-hybridized carbons (Fsp3) is 0.364. The van der Waals surface area contributed by atoms with Crippen molar-refractivity contribution in [1.82, 2.24) is 19.7 Å². The number of rotatable bonds is 4. The zero-order valence-corrected chi connectivity index (χ0v) is 11.8. The van der Waals surface area contributed by atoms with Crippen molar-refractivity contribution in [2.45, 2.75) is 26.3 Å². The minimum Gasteiger partial charge on any atom is -0.383 e. The van der Waals surface area contributed by atoms with Gasteiger partial charge in [-0.2, -0.15) is 15.1 Å². The molecule has 2 heterocycles. The van der Waals surface area contributed by atoms with Crippen molar-refractivity contribution in [3.63, 3.8) is 0 Å². The molecule has 0 saturated carbocycles. The molecule has 3 N–H and O–H groups in total. The van der Waals surface area contributed by atoms with E-state index in [1.54, 1.807) is 17.1 Å². The molecule has 2 aromatic heterocycles. The van der Waals surface area contributed by atoms with Crippen LogP contribution >= 0.6 is 15.9 Å². The van der Waals surface area contributed by atoms with E-state index in [2.05, 4.69) is 50.2 Å². The average molecular weight is 311 g/mol. The topological polar surface area (TPSA) is 81.7 Å². The van der Waals surface area contributed by atoms with Crippen molar-refractivity contribution in [2.24, 2.45) is 0 Å². The molecule has 18 heavy (non-hydrogen) atoms. The lowest BCUT2D eigenvalue weighted by Crippen LogP contribution is -2.17. The third-order valence-electron chi connectivity index (χ3n) is 2.57. The average Bonchev–Trinajstić information content (AvgIpc) is 2.88. The highest BCUT2D eigenvalue weighted by atomic mass is 79.9. The Morgan fingerprint density at radius 1 is 1.50 bits per heavy atom. The van der Waals surface area contributed by atoms with Crippen LogP contribution in [0.25, 0.3) is 5.95 Å². The van der Waals surface area contributed by atoms with E-state index in [4.69, 9.17) is 5.73 Å². The summed E-state index contributed by atoms with van der Waals surface area (Å²) in [7, 11) is 0. The third-order valence-corrected chi connectivity index (χ3v) is 3.35. The van der Waals surface area contributed by atoms with E-state index in [-0.39, 0.29) is 0 Å². The second-order valence-corrected chi connectivity index (χ2v) is 4.77. The van der Waals surface area contributed by atoms with Crippen molar-refractivity contribution in [2.75, 3.05) is 11.1 Å². The Bertz CT molecular complexity index is 525. The van der Waals surface area contributed by atoms with E-state index >= 15 is 0 Å². The lowest BCUT2D eigenvalue weighted by Gasteiger charge is -2.15. The molecular weight excluding hydrogens is 296 g/mol. The van der Waals surface area contributed by atoms with Gasteiger partial charge in [-0.3, -0.25) is 0 Å². The maximum absolute atomic E-state index is 5.87. The minimum atomic E-state index is 0.307. The normalized spacial score (nSPS) is 12.4. The Morgan fingerprint density at radius 2 is 2.28 bits per heavy atom. The zero-order chi connectivity index (χ0) is 13.1. The van der Waals surface area contributed by atoms with Gasteiger partial charge in [0, 0.05) is 18.4 Å². The van der Waals surface area contributed by atoms with Crippen molar-refractivity contribution in [3.8, 4) is 5.95 Å². The van der Waals surface area contributed by atoms with Crippen LogP contribution in [0.2, 0.25) is 0 Å². The van der Waals surface area contributed by atoms with E-state index in [1.807, 2.05) is 6.07 Å². The highest BCUT2D eigenvalue weighted by Crippen LogP contribution is 2.26. The minimum absolute atomic E-state index is 0.307. The smallest absolute Gasteiger partial charge is 0.254 e. The Hall–Kier alpha value is -1.63. The van der Waals surface area contributed by atoms with Gasteiger partial charge in [-0.25, -0.2) is 4.68 Å². The summed E-state index contributed by atoms with van der Waals surface area (Å²) in [5, 5.41) is 7.37. The molecule has 1 unspecified atom stereocenters. The van der Waals surface area contributed by atoms with Crippen LogP contribution in [0, 0.1) is 0 Å². The van der Waals surface area contributed by atoms with Crippen LogP contribution in [0.3, 0.4) is 0 Å². The second kappa shape index (κ2) is 5.34. The Labute approximate surface area is 114 Å². The zero-order valence-electron chi connectivity index (χ0n) is 10.3. The van der Waals surface area contributed by atoms with E-state index in [9.17, 15) is 0 Å². The van der Waals surface area contributed by atoms with Gasteiger partial charge in [0.25, 0.3) is 5.95 Å². The lowest BCUT2D eigenvalue weighted by atomic mass is 10.2. The summed E-state index contributed by atoms with van der Waals surface area (Å²) in [6, 6.07) is 2.12. The fourth-order valence-corrected chi connectivity index (χ4v) is 1.66. The summed E-state index contributed by atoms with van der Waals surface area (Å²) in [5.41, 5.74) is 5.87. The fourth-order valence-electron chi connectivity index (χ4n) is 1.37. The van der Waals surface area contributed by atoms with E-state index in [1.165, 1.54) is 0 Å². The van der Waals surface area contributed by atoms with Gasteiger partial charge in [0.1, 0.15) is 16.1 Å². The van der Waals surface area contributed by atoms with Gasteiger partial charge in [0.05, 0.1) is 0 Å². The van der Waals surface area contributed by atoms with Crippen molar-refractivity contribution in [3.05, 3.63) is 22.9 Å².